The first-order valence-corrected chi connectivity index (χ1v) is 6.80. The first-order chi connectivity index (χ1) is 8.22. The van der Waals surface area contributed by atoms with Gasteiger partial charge in [0.25, 0.3) is 0 Å². The van der Waals surface area contributed by atoms with Gasteiger partial charge in [0, 0.05) is 24.8 Å². The highest BCUT2D eigenvalue weighted by molar-refractivity contribution is 6.17. The molecule has 0 aromatic heterocycles. The van der Waals surface area contributed by atoms with Gasteiger partial charge in [0.15, 0.2) is 0 Å². The fourth-order valence-corrected chi connectivity index (χ4v) is 2.98. The van der Waals surface area contributed by atoms with E-state index in [1.807, 2.05) is 13.1 Å². The summed E-state index contributed by atoms with van der Waals surface area (Å²) >= 11 is 5.83. The minimum atomic E-state index is -0.198. The monoisotopic (exact) mass is 255 g/mol. The van der Waals surface area contributed by atoms with Gasteiger partial charge in [-0.25, -0.2) is 4.39 Å². The van der Waals surface area contributed by atoms with E-state index >= 15 is 0 Å². The van der Waals surface area contributed by atoms with Gasteiger partial charge < -0.3 is 4.90 Å². The van der Waals surface area contributed by atoms with Crippen LogP contribution in [0.2, 0.25) is 0 Å². The molecule has 0 bridgehead atoms. The van der Waals surface area contributed by atoms with Crippen molar-refractivity contribution in [3.63, 3.8) is 0 Å². The van der Waals surface area contributed by atoms with Gasteiger partial charge in [0.2, 0.25) is 0 Å². The maximum absolute atomic E-state index is 13.6. The van der Waals surface area contributed by atoms with Crippen molar-refractivity contribution in [2.45, 2.75) is 31.6 Å². The van der Waals surface area contributed by atoms with E-state index in [0.29, 0.717) is 5.56 Å². The molecule has 2 rings (SSSR count). The molecule has 0 aliphatic heterocycles. The Morgan fingerprint density at radius 2 is 2.06 bits per heavy atom. The Balaban J connectivity index is 2.12. The second kappa shape index (κ2) is 5.72. The molecule has 0 saturated heterocycles. The predicted octanol–water partition coefficient (Wildman–Crippen LogP) is 4.19. The van der Waals surface area contributed by atoms with Crippen LogP contribution in [0.15, 0.2) is 18.2 Å². The molecule has 1 saturated carbocycles. The summed E-state index contributed by atoms with van der Waals surface area (Å²) < 4.78 is 13.6. The normalized spacial score (nSPS) is 16.4. The van der Waals surface area contributed by atoms with Gasteiger partial charge >= 0.3 is 0 Å². The first-order valence-electron chi connectivity index (χ1n) is 6.27. The highest BCUT2D eigenvalue weighted by Crippen LogP contribution is 2.29. The number of hydrogen-bond donors (Lipinski definition) is 0. The molecule has 0 heterocycles. The third kappa shape index (κ3) is 2.92. The predicted molar refractivity (Wildman–Crippen MR) is 71.2 cm³/mol. The third-order valence-electron chi connectivity index (χ3n) is 3.65. The van der Waals surface area contributed by atoms with Crippen LogP contribution in [0.5, 0.6) is 0 Å². The van der Waals surface area contributed by atoms with E-state index in [2.05, 4.69) is 4.90 Å². The lowest BCUT2D eigenvalue weighted by atomic mass is 10.1. The molecular formula is C14H19ClFN. The van der Waals surface area contributed by atoms with E-state index in [1.165, 1.54) is 31.7 Å². The van der Waals surface area contributed by atoms with Crippen molar-refractivity contribution >= 4 is 17.3 Å². The summed E-state index contributed by atoms with van der Waals surface area (Å²) in [7, 11) is 2.03. The summed E-state index contributed by atoms with van der Waals surface area (Å²) in [5, 5.41) is 0. The SMILES string of the molecule is CN(CC1CCCC1)c1cccc(F)c1CCl. The topological polar surface area (TPSA) is 3.24 Å². The van der Waals surface area contributed by atoms with Crippen LogP contribution in [-0.2, 0) is 5.88 Å². The minimum absolute atomic E-state index is 0.198. The molecular weight excluding hydrogens is 237 g/mol. The zero-order valence-electron chi connectivity index (χ0n) is 10.3. The van der Waals surface area contributed by atoms with Crippen molar-refractivity contribution in [1.82, 2.24) is 0 Å². The van der Waals surface area contributed by atoms with E-state index in [-0.39, 0.29) is 11.7 Å². The summed E-state index contributed by atoms with van der Waals surface area (Å²) in [6, 6.07) is 5.19. The quantitative estimate of drug-likeness (QED) is 0.729. The molecule has 1 aliphatic rings. The molecule has 1 nitrogen and oxygen atoms in total. The van der Waals surface area contributed by atoms with Crippen LogP contribution in [0.1, 0.15) is 31.2 Å². The van der Waals surface area contributed by atoms with Gasteiger partial charge in [-0.15, -0.1) is 11.6 Å². The number of hydrogen-bond acceptors (Lipinski definition) is 1. The number of rotatable bonds is 4. The maximum atomic E-state index is 13.6. The smallest absolute Gasteiger partial charge is 0.129 e. The van der Waals surface area contributed by atoms with Crippen LogP contribution in [0.4, 0.5) is 10.1 Å². The first kappa shape index (κ1) is 12.7. The second-order valence-electron chi connectivity index (χ2n) is 4.90. The second-order valence-corrected chi connectivity index (χ2v) is 5.17. The summed E-state index contributed by atoms with van der Waals surface area (Å²) in [5.74, 6) is 0.791. The molecule has 0 atom stereocenters. The third-order valence-corrected chi connectivity index (χ3v) is 3.91. The van der Waals surface area contributed by atoms with E-state index in [9.17, 15) is 4.39 Å². The summed E-state index contributed by atoms with van der Waals surface area (Å²) in [5.41, 5.74) is 1.56. The Morgan fingerprint density at radius 1 is 1.35 bits per heavy atom. The van der Waals surface area contributed by atoms with Crippen LogP contribution in [0.25, 0.3) is 0 Å². The van der Waals surface area contributed by atoms with Crippen molar-refractivity contribution in [3.05, 3.63) is 29.6 Å². The van der Waals surface area contributed by atoms with Crippen molar-refractivity contribution in [2.75, 3.05) is 18.5 Å². The van der Waals surface area contributed by atoms with Crippen molar-refractivity contribution in [2.24, 2.45) is 5.92 Å². The number of halogens is 2. The molecule has 3 heteroatoms. The lowest BCUT2D eigenvalue weighted by Crippen LogP contribution is -2.25. The molecule has 1 fully saturated rings. The summed E-state index contributed by atoms with van der Waals surface area (Å²) in [6.45, 7) is 1.01. The molecule has 0 amide bonds. The van der Waals surface area contributed by atoms with Crippen molar-refractivity contribution < 1.29 is 4.39 Å². The standard InChI is InChI=1S/C14H19ClFN/c1-17(10-11-5-2-3-6-11)14-8-4-7-13(16)12(14)9-15/h4,7-8,11H,2-3,5-6,9-10H2,1H3. The average Bonchev–Trinajstić information content (AvgIpc) is 2.81. The van der Waals surface area contributed by atoms with E-state index in [0.717, 1.165) is 18.2 Å². The number of nitrogens with zero attached hydrogens (tertiary/aromatic N) is 1. The Morgan fingerprint density at radius 3 is 2.71 bits per heavy atom. The molecule has 0 unspecified atom stereocenters. The fourth-order valence-electron chi connectivity index (χ4n) is 2.72. The highest BCUT2D eigenvalue weighted by atomic mass is 35.5. The van der Waals surface area contributed by atoms with Gasteiger partial charge in [0.05, 0.1) is 5.88 Å². The Bertz CT molecular complexity index is 374. The van der Waals surface area contributed by atoms with E-state index < -0.39 is 0 Å². The van der Waals surface area contributed by atoms with E-state index in [1.54, 1.807) is 6.07 Å². The molecule has 94 valence electrons. The van der Waals surface area contributed by atoms with Crippen LogP contribution in [0.3, 0.4) is 0 Å². The molecule has 1 aromatic rings. The van der Waals surface area contributed by atoms with Crippen molar-refractivity contribution in [3.8, 4) is 0 Å². The van der Waals surface area contributed by atoms with Crippen LogP contribution in [0, 0.1) is 11.7 Å². The van der Waals surface area contributed by atoms with Gasteiger partial charge in [0.1, 0.15) is 5.82 Å². The molecule has 0 radical (unpaired) electrons. The maximum Gasteiger partial charge on any atom is 0.129 e. The lowest BCUT2D eigenvalue weighted by molar-refractivity contribution is 0.545. The molecule has 1 aliphatic carbocycles. The number of benzene rings is 1. The van der Waals surface area contributed by atoms with Gasteiger partial charge in [-0.2, -0.15) is 0 Å². The Labute approximate surface area is 108 Å². The van der Waals surface area contributed by atoms with Crippen LogP contribution >= 0.6 is 11.6 Å². The number of alkyl halides is 1. The van der Waals surface area contributed by atoms with Crippen LogP contribution in [-0.4, -0.2) is 13.6 Å². The molecule has 0 N–H and O–H groups in total. The average molecular weight is 256 g/mol. The zero-order valence-corrected chi connectivity index (χ0v) is 11.0. The Kier molecular flexibility index (Phi) is 4.27. The minimum Gasteiger partial charge on any atom is -0.374 e. The largest absolute Gasteiger partial charge is 0.374 e. The molecule has 1 aromatic carbocycles. The summed E-state index contributed by atoms with van der Waals surface area (Å²) in [6.07, 6.45) is 5.28. The van der Waals surface area contributed by atoms with Gasteiger partial charge in [-0.3, -0.25) is 0 Å². The highest BCUT2D eigenvalue weighted by Gasteiger charge is 2.18. The van der Waals surface area contributed by atoms with Crippen LogP contribution < -0.4 is 4.90 Å². The Hall–Kier alpha value is -0.760. The zero-order chi connectivity index (χ0) is 12.3. The van der Waals surface area contributed by atoms with E-state index in [4.69, 9.17) is 11.6 Å². The van der Waals surface area contributed by atoms with Gasteiger partial charge in [-0.1, -0.05) is 18.9 Å². The van der Waals surface area contributed by atoms with Gasteiger partial charge in [-0.05, 0) is 30.9 Å². The van der Waals surface area contributed by atoms with Crippen molar-refractivity contribution in [1.29, 1.82) is 0 Å². The molecule has 0 spiro atoms. The molecule has 17 heavy (non-hydrogen) atoms. The lowest BCUT2D eigenvalue weighted by Gasteiger charge is -2.25. The summed E-state index contributed by atoms with van der Waals surface area (Å²) in [4.78, 5) is 2.15. The number of anilines is 1. The fraction of sp³-hybridized carbons (Fsp3) is 0.571.